The van der Waals surface area contributed by atoms with E-state index >= 15 is 0 Å². The lowest BCUT2D eigenvalue weighted by Crippen LogP contribution is -2.27. The largest absolute Gasteiger partial charge is 0.395 e. The average molecular weight is 505 g/mol. The summed E-state index contributed by atoms with van der Waals surface area (Å²) in [7, 11) is 0. The average Bonchev–Trinajstić information content (AvgIpc) is 2.87. The second-order valence-electron chi connectivity index (χ2n) is 8.39. The topological polar surface area (TPSA) is 169 Å². The van der Waals surface area contributed by atoms with Gasteiger partial charge in [-0.25, -0.2) is 0 Å². The highest BCUT2D eigenvalue weighted by Gasteiger charge is 2.08. The predicted octanol–water partition coefficient (Wildman–Crippen LogP) is 1.07. The number of aliphatic hydroxyl groups excluding tert-OH is 1. The predicted molar refractivity (Wildman–Crippen MR) is 140 cm³/mol. The molecule has 1 aromatic heterocycles. The summed E-state index contributed by atoms with van der Waals surface area (Å²) in [5, 5.41) is 21.3. The Kier molecular flexibility index (Phi) is 14.1. The van der Waals surface area contributed by atoms with Crippen LogP contribution < -0.4 is 27.0 Å². The third-order valence-corrected chi connectivity index (χ3v) is 4.87. The van der Waals surface area contributed by atoms with Gasteiger partial charge in [0.05, 0.1) is 33.0 Å². The lowest BCUT2D eigenvalue weighted by molar-refractivity contribution is 0.0511. The van der Waals surface area contributed by atoms with Crippen molar-refractivity contribution in [3.63, 3.8) is 0 Å². The summed E-state index contributed by atoms with van der Waals surface area (Å²) in [6.07, 6.45) is 0.991. The first-order valence-electron chi connectivity index (χ1n) is 12.3. The molecule has 0 unspecified atom stereocenters. The van der Waals surface area contributed by atoms with Crippen molar-refractivity contribution in [3.8, 4) is 0 Å². The molecule has 0 saturated heterocycles. The molecule has 0 aliphatic heterocycles. The van der Waals surface area contributed by atoms with Crippen LogP contribution in [-0.2, 0) is 16.0 Å². The maximum Gasteiger partial charge on any atom is 0.251 e. The number of benzene rings is 1. The van der Waals surface area contributed by atoms with Crippen molar-refractivity contribution < 1.29 is 19.4 Å². The smallest absolute Gasteiger partial charge is 0.251 e. The summed E-state index contributed by atoms with van der Waals surface area (Å²) in [6.45, 7) is 8.63. The van der Waals surface area contributed by atoms with Gasteiger partial charge in [0, 0.05) is 38.3 Å². The van der Waals surface area contributed by atoms with Crippen LogP contribution in [-0.4, -0.2) is 85.2 Å². The summed E-state index contributed by atoms with van der Waals surface area (Å²) < 4.78 is 10.6. The molecule has 12 nitrogen and oxygen atoms in total. The van der Waals surface area contributed by atoms with Gasteiger partial charge in [-0.3, -0.25) is 4.79 Å². The molecule has 2 aromatic rings. The molecule has 12 heteroatoms. The van der Waals surface area contributed by atoms with Crippen molar-refractivity contribution >= 4 is 23.8 Å². The van der Waals surface area contributed by atoms with Crippen LogP contribution >= 0.6 is 0 Å². The van der Waals surface area contributed by atoms with E-state index in [1.165, 1.54) is 0 Å². The second kappa shape index (κ2) is 17.4. The van der Waals surface area contributed by atoms with E-state index in [4.69, 9.17) is 20.3 Å². The van der Waals surface area contributed by atoms with Crippen molar-refractivity contribution in [3.05, 3.63) is 35.4 Å². The lowest BCUT2D eigenvalue weighted by atomic mass is 10.1. The fraction of sp³-hybridized carbons (Fsp3) is 0.583. The first-order valence-corrected chi connectivity index (χ1v) is 12.3. The summed E-state index contributed by atoms with van der Waals surface area (Å²) in [6, 6.07) is 7.30. The number of ether oxygens (including phenoxy) is 2. The van der Waals surface area contributed by atoms with Crippen LogP contribution in [0.5, 0.6) is 0 Å². The van der Waals surface area contributed by atoms with Crippen LogP contribution in [0.25, 0.3) is 0 Å². The minimum atomic E-state index is -0.160. The molecule has 0 atom stereocenters. The number of aliphatic hydroxyl groups is 1. The standard InChI is InChI=1S/C24H40N8O4/c1-18(2)7-9-27-22-30-23(28-10-12-33)32-24(31-22)29-17-19-3-5-20(6-4-19)21(34)26-11-14-36-16-15-35-13-8-25/h3-6,18,33H,7-17,25H2,1-2H3,(H,26,34)(H3,27,28,29,30,31,32). The van der Waals surface area contributed by atoms with E-state index < -0.39 is 0 Å². The number of nitrogens with one attached hydrogen (secondary N) is 4. The summed E-state index contributed by atoms with van der Waals surface area (Å²) in [5.74, 6) is 1.66. The van der Waals surface area contributed by atoms with Gasteiger partial charge in [-0.2, -0.15) is 15.0 Å². The highest BCUT2D eigenvalue weighted by atomic mass is 16.5. The molecule has 0 aliphatic rings. The number of hydrogen-bond acceptors (Lipinski definition) is 11. The number of carbonyl (C=O) groups excluding carboxylic acids is 1. The molecule has 0 spiro atoms. The summed E-state index contributed by atoms with van der Waals surface area (Å²) >= 11 is 0. The number of anilines is 3. The van der Waals surface area contributed by atoms with Gasteiger partial charge in [-0.15, -0.1) is 0 Å². The quantitative estimate of drug-likeness (QED) is 0.151. The van der Waals surface area contributed by atoms with Gasteiger partial charge in [-0.1, -0.05) is 26.0 Å². The fourth-order valence-corrected chi connectivity index (χ4v) is 2.95. The second-order valence-corrected chi connectivity index (χ2v) is 8.39. The van der Waals surface area contributed by atoms with Gasteiger partial charge in [0.15, 0.2) is 0 Å². The molecule has 2 rings (SSSR count). The van der Waals surface area contributed by atoms with Crippen LogP contribution in [0.15, 0.2) is 24.3 Å². The van der Waals surface area contributed by atoms with Crippen molar-refractivity contribution in [2.75, 3.05) is 75.2 Å². The van der Waals surface area contributed by atoms with Crippen LogP contribution in [0.4, 0.5) is 17.8 Å². The Morgan fingerprint density at radius 3 is 2.11 bits per heavy atom. The Morgan fingerprint density at radius 2 is 1.50 bits per heavy atom. The summed E-state index contributed by atoms with van der Waals surface area (Å²) in [4.78, 5) is 25.5. The highest BCUT2D eigenvalue weighted by Crippen LogP contribution is 2.12. The number of rotatable bonds is 19. The number of nitrogens with two attached hydrogens (primary N) is 1. The van der Waals surface area contributed by atoms with E-state index in [1.807, 2.05) is 12.1 Å². The highest BCUT2D eigenvalue weighted by molar-refractivity contribution is 5.94. The van der Waals surface area contributed by atoms with Crippen LogP contribution in [0.3, 0.4) is 0 Å². The number of carbonyl (C=O) groups is 1. The maximum absolute atomic E-state index is 12.3. The molecule has 0 aliphatic carbocycles. The van der Waals surface area contributed by atoms with E-state index in [0.717, 1.165) is 18.5 Å². The molecule has 1 amide bonds. The SMILES string of the molecule is CC(C)CCNc1nc(NCCO)nc(NCc2ccc(C(=O)NCCOCCOCCN)cc2)n1. The van der Waals surface area contributed by atoms with Crippen LogP contribution in [0.2, 0.25) is 0 Å². The normalized spacial score (nSPS) is 10.9. The third-order valence-electron chi connectivity index (χ3n) is 4.87. The van der Waals surface area contributed by atoms with E-state index in [1.54, 1.807) is 12.1 Å². The number of amides is 1. The molecule has 0 fully saturated rings. The van der Waals surface area contributed by atoms with Crippen molar-refractivity contribution in [2.24, 2.45) is 11.7 Å². The first kappa shape index (κ1) is 29.2. The van der Waals surface area contributed by atoms with Crippen molar-refractivity contribution in [1.29, 1.82) is 0 Å². The molecule has 0 radical (unpaired) electrons. The van der Waals surface area contributed by atoms with Gasteiger partial charge >= 0.3 is 0 Å². The van der Waals surface area contributed by atoms with E-state index in [-0.39, 0.29) is 12.5 Å². The minimum absolute atomic E-state index is 0.0261. The molecule has 200 valence electrons. The molecule has 0 bridgehead atoms. The molecule has 1 heterocycles. The van der Waals surface area contributed by atoms with Crippen LogP contribution in [0.1, 0.15) is 36.2 Å². The number of nitrogens with zero attached hydrogens (tertiary/aromatic N) is 3. The van der Waals surface area contributed by atoms with Gasteiger partial charge in [-0.05, 0) is 30.0 Å². The molecule has 0 saturated carbocycles. The van der Waals surface area contributed by atoms with Gasteiger partial charge in [0.2, 0.25) is 17.8 Å². The zero-order valence-corrected chi connectivity index (χ0v) is 21.3. The lowest BCUT2D eigenvalue weighted by Gasteiger charge is -2.12. The fourth-order valence-electron chi connectivity index (χ4n) is 2.95. The zero-order valence-electron chi connectivity index (χ0n) is 21.3. The van der Waals surface area contributed by atoms with E-state index in [0.29, 0.717) is 81.9 Å². The molecule has 36 heavy (non-hydrogen) atoms. The Hall–Kier alpha value is -3.06. The Morgan fingerprint density at radius 1 is 0.889 bits per heavy atom. The zero-order chi connectivity index (χ0) is 26.0. The minimum Gasteiger partial charge on any atom is -0.395 e. The van der Waals surface area contributed by atoms with Gasteiger partial charge < -0.3 is 41.6 Å². The van der Waals surface area contributed by atoms with E-state index in [2.05, 4.69) is 50.1 Å². The summed E-state index contributed by atoms with van der Waals surface area (Å²) in [5.41, 5.74) is 6.88. The van der Waals surface area contributed by atoms with E-state index in [9.17, 15) is 4.79 Å². The Labute approximate surface area is 212 Å². The van der Waals surface area contributed by atoms with Gasteiger partial charge in [0.1, 0.15) is 0 Å². The number of aromatic nitrogens is 3. The van der Waals surface area contributed by atoms with Crippen LogP contribution in [0, 0.1) is 5.92 Å². The monoisotopic (exact) mass is 504 g/mol. The molecule has 1 aromatic carbocycles. The van der Waals surface area contributed by atoms with Gasteiger partial charge in [0.25, 0.3) is 5.91 Å². The van der Waals surface area contributed by atoms with Crippen molar-refractivity contribution in [1.82, 2.24) is 20.3 Å². The Bertz CT molecular complexity index is 883. The molecule has 7 N–H and O–H groups in total. The molecular formula is C24H40N8O4. The first-order chi connectivity index (χ1) is 17.5. The molecular weight excluding hydrogens is 464 g/mol. The maximum atomic E-state index is 12.3. The van der Waals surface area contributed by atoms with Crippen molar-refractivity contribution in [2.45, 2.75) is 26.8 Å². The number of hydrogen-bond donors (Lipinski definition) is 6. The third kappa shape index (κ3) is 12.1. The Balaban J connectivity index is 1.82.